The van der Waals surface area contributed by atoms with Crippen LogP contribution in [0.25, 0.3) is 16.6 Å². The van der Waals surface area contributed by atoms with Crippen molar-refractivity contribution in [1.29, 1.82) is 0 Å². The number of nitrogens with zero attached hydrogens (tertiary/aromatic N) is 5. The summed E-state index contributed by atoms with van der Waals surface area (Å²) in [6.07, 6.45) is 2.02. The zero-order valence-electron chi connectivity index (χ0n) is 24.0. The van der Waals surface area contributed by atoms with E-state index in [0.29, 0.717) is 42.5 Å². The third-order valence-electron chi connectivity index (χ3n) is 8.76. The van der Waals surface area contributed by atoms with Crippen LogP contribution in [0.15, 0.2) is 71.1 Å². The van der Waals surface area contributed by atoms with E-state index in [1.807, 2.05) is 19.1 Å². The zero-order chi connectivity index (χ0) is 28.8. The Hall–Kier alpha value is -4.20. The van der Waals surface area contributed by atoms with E-state index >= 15 is 0 Å². The number of Topliss-reactive ketones (excluding diaryl/α,β-unsaturated/α-hetero) is 2. The maximum Gasteiger partial charge on any atom is 0.184 e. The lowest BCUT2D eigenvalue weighted by Gasteiger charge is -2.49. The number of anilines is 1. The molecule has 41 heavy (non-hydrogen) atoms. The van der Waals surface area contributed by atoms with Gasteiger partial charge in [0.25, 0.3) is 0 Å². The smallest absolute Gasteiger partial charge is 0.184 e. The predicted octanol–water partition coefficient (Wildman–Crippen LogP) is 6.62. The van der Waals surface area contributed by atoms with Gasteiger partial charge in [-0.15, -0.1) is 5.10 Å². The van der Waals surface area contributed by atoms with Crippen LogP contribution in [-0.4, -0.2) is 31.6 Å². The van der Waals surface area contributed by atoms with Crippen molar-refractivity contribution in [2.75, 3.05) is 4.90 Å². The number of aromatic nitrogens is 4. The number of hydrogen-bond acceptors (Lipinski definition) is 6. The van der Waals surface area contributed by atoms with Crippen molar-refractivity contribution in [1.82, 2.24) is 20.0 Å². The molecular weight excluding hydrogens is 517 g/mol. The summed E-state index contributed by atoms with van der Waals surface area (Å²) in [5.41, 5.74) is 6.44. The highest BCUT2D eigenvalue weighted by Crippen LogP contribution is 2.56. The third-order valence-corrected chi connectivity index (χ3v) is 8.76. The molecule has 0 unspecified atom stereocenters. The van der Waals surface area contributed by atoms with Crippen LogP contribution in [0.5, 0.6) is 0 Å². The minimum absolute atomic E-state index is 0.0208. The molecule has 1 aliphatic heterocycles. The number of allylic oxidation sites excluding steroid dienone is 4. The molecule has 8 heteroatoms. The maximum atomic E-state index is 14.2. The van der Waals surface area contributed by atoms with Gasteiger partial charge in [-0.2, -0.15) is 4.52 Å². The summed E-state index contributed by atoms with van der Waals surface area (Å²) < 4.78 is 15.8. The van der Waals surface area contributed by atoms with E-state index in [4.69, 9.17) is 0 Å². The number of pyridine rings is 1. The fraction of sp³-hybridized carbons (Fsp3) is 0.364. The minimum atomic E-state index is -0.595. The van der Waals surface area contributed by atoms with Crippen molar-refractivity contribution in [3.63, 3.8) is 0 Å². The molecule has 0 bridgehead atoms. The number of tetrazole rings is 1. The lowest BCUT2D eigenvalue weighted by atomic mass is 9.63. The molecule has 2 aromatic carbocycles. The van der Waals surface area contributed by atoms with Crippen LogP contribution in [0.2, 0.25) is 0 Å². The summed E-state index contributed by atoms with van der Waals surface area (Å²) in [7, 11) is 0. The normalized spacial score (nSPS) is 20.7. The van der Waals surface area contributed by atoms with Crippen LogP contribution in [0.4, 0.5) is 10.1 Å². The number of benzene rings is 2. The molecule has 3 aliphatic rings. The number of rotatable bonds is 2. The SMILES string of the molecule is Cc1ccc2c(c1)cc(C1C3=C(CC(C)(C)CC3=O)N(c3ccc(F)cc3)C3=C1C(=O)CC(C)(C)C3)c1nnnn12. The van der Waals surface area contributed by atoms with Crippen molar-refractivity contribution in [2.45, 2.75) is 66.2 Å². The molecule has 0 saturated carbocycles. The van der Waals surface area contributed by atoms with Gasteiger partial charge in [-0.25, -0.2) is 4.39 Å². The highest BCUT2D eigenvalue weighted by atomic mass is 19.1. The molecule has 0 saturated heterocycles. The Bertz CT molecular complexity index is 1810. The van der Waals surface area contributed by atoms with Gasteiger partial charge in [-0.05, 0) is 83.5 Å². The minimum Gasteiger partial charge on any atom is -0.317 e. The Morgan fingerprint density at radius 3 is 2.05 bits per heavy atom. The second kappa shape index (κ2) is 8.65. The number of carbonyl (C=O) groups excluding carboxylic acids is 2. The fourth-order valence-corrected chi connectivity index (χ4v) is 7.13. The number of halogens is 1. The highest BCUT2D eigenvalue weighted by Gasteiger charge is 2.50. The Balaban J connectivity index is 1.59. The summed E-state index contributed by atoms with van der Waals surface area (Å²) in [5, 5.41) is 13.7. The average molecular weight is 550 g/mol. The molecule has 7 nitrogen and oxygen atoms in total. The Labute approximate surface area is 237 Å². The fourth-order valence-electron chi connectivity index (χ4n) is 7.13. The van der Waals surface area contributed by atoms with Crippen molar-refractivity contribution >= 4 is 33.8 Å². The maximum absolute atomic E-state index is 14.2. The van der Waals surface area contributed by atoms with Crippen molar-refractivity contribution in [2.24, 2.45) is 10.8 Å². The van der Waals surface area contributed by atoms with Gasteiger partial charge in [-0.1, -0.05) is 39.3 Å². The number of hydrogen-bond donors (Lipinski definition) is 0. The van der Waals surface area contributed by atoms with Gasteiger partial charge in [-0.3, -0.25) is 9.59 Å². The van der Waals surface area contributed by atoms with Gasteiger partial charge in [0, 0.05) is 57.9 Å². The van der Waals surface area contributed by atoms with E-state index in [1.54, 1.807) is 16.6 Å². The molecule has 0 radical (unpaired) electrons. The number of ketones is 2. The van der Waals surface area contributed by atoms with Gasteiger partial charge in [0.1, 0.15) is 5.82 Å². The van der Waals surface area contributed by atoms with Crippen LogP contribution in [0.1, 0.15) is 70.4 Å². The average Bonchev–Trinajstić information content (AvgIpc) is 3.36. The van der Waals surface area contributed by atoms with Gasteiger partial charge in [0.15, 0.2) is 17.2 Å². The topological polar surface area (TPSA) is 80.5 Å². The summed E-state index contributed by atoms with van der Waals surface area (Å²) >= 11 is 0. The van der Waals surface area contributed by atoms with Gasteiger partial charge >= 0.3 is 0 Å². The summed E-state index contributed by atoms with van der Waals surface area (Å²) in [5.74, 6) is -0.886. The second-order valence-electron chi connectivity index (χ2n) is 13.4. The lowest BCUT2D eigenvalue weighted by molar-refractivity contribution is -0.119. The van der Waals surface area contributed by atoms with Crippen molar-refractivity contribution in [3.8, 4) is 0 Å². The lowest BCUT2D eigenvalue weighted by Crippen LogP contribution is -2.44. The molecule has 0 atom stereocenters. The first-order valence-electron chi connectivity index (χ1n) is 14.1. The first-order valence-corrected chi connectivity index (χ1v) is 14.1. The summed E-state index contributed by atoms with van der Waals surface area (Å²) in [6, 6.07) is 14.5. The molecule has 2 aromatic heterocycles. The van der Waals surface area contributed by atoms with Crippen molar-refractivity contribution in [3.05, 3.63) is 88.0 Å². The molecule has 208 valence electrons. The van der Waals surface area contributed by atoms with Crippen LogP contribution in [0.3, 0.4) is 0 Å². The Morgan fingerprint density at radius 2 is 1.44 bits per heavy atom. The number of fused-ring (bicyclic) bond motifs is 3. The first-order chi connectivity index (χ1) is 19.4. The largest absolute Gasteiger partial charge is 0.317 e. The monoisotopic (exact) mass is 549 g/mol. The first kappa shape index (κ1) is 25.7. The second-order valence-corrected chi connectivity index (χ2v) is 13.4. The number of aryl methyl sites for hydroxylation is 1. The molecule has 0 fully saturated rings. The highest BCUT2D eigenvalue weighted by molar-refractivity contribution is 6.09. The molecule has 2 aliphatic carbocycles. The Morgan fingerprint density at radius 1 is 0.829 bits per heavy atom. The third kappa shape index (κ3) is 4.03. The van der Waals surface area contributed by atoms with Gasteiger partial charge in [0.2, 0.25) is 0 Å². The van der Waals surface area contributed by atoms with E-state index in [2.05, 4.69) is 60.3 Å². The molecule has 0 spiro atoms. The van der Waals surface area contributed by atoms with Crippen LogP contribution in [-0.2, 0) is 9.59 Å². The van der Waals surface area contributed by atoms with E-state index in [9.17, 15) is 14.0 Å². The molecular formula is C33H32FN5O2. The quantitative estimate of drug-likeness (QED) is 0.280. The Kier molecular flexibility index (Phi) is 5.43. The zero-order valence-corrected chi connectivity index (χ0v) is 24.0. The van der Waals surface area contributed by atoms with E-state index in [0.717, 1.165) is 39.1 Å². The van der Waals surface area contributed by atoms with E-state index in [-0.39, 0.29) is 28.2 Å². The van der Waals surface area contributed by atoms with Gasteiger partial charge in [0.05, 0.1) is 5.52 Å². The summed E-state index contributed by atoms with van der Waals surface area (Å²) in [6.45, 7) is 10.4. The molecule has 7 rings (SSSR count). The number of carbonyl (C=O) groups is 2. The van der Waals surface area contributed by atoms with Crippen LogP contribution < -0.4 is 4.90 Å². The molecule has 0 N–H and O–H groups in total. The summed E-state index contributed by atoms with van der Waals surface area (Å²) in [4.78, 5) is 30.5. The van der Waals surface area contributed by atoms with E-state index in [1.165, 1.54) is 12.1 Å². The van der Waals surface area contributed by atoms with Crippen LogP contribution >= 0.6 is 0 Å². The molecule has 3 heterocycles. The van der Waals surface area contributed by atoms with Gasteiger partial charge < -0.3 is 4.90 Å². The predicted molar refractivity (Wildman–Crippen MR) is 155 cm³/mol. The molecule has 4 aromatic rings. The van der Waals surface area contributed by atoms with E-state index < -0.39 is 5.92 Å². The van der Waals surface area contributed by atoms with Crippen molar-refractivity contribution < 1.29 is 14.0 Å². The standard InChI is InChI=1S/C33H32FN5O2/c1-18-6-11-23-19(12-18)13-22(31-35-36-37-39(23)31)28-29-24(14-32(2,3)16-26(29)40)38(21-9-7-20(34)8-10-21)25-15-33(4,5)17-27(41)30(25)28/h6-13,28H,14-17H2,1-5H3. The van der Waals surface area contributed by atoms with Crippen LogP contribution in [0, 0.1) is 23.6 Å². The molecule has 0 amide bonds.